The van der Waals surface area contributed by atoms with Gasteiger partial charge in [-0.25, -0.2) is 4.68 Å². The maximum atomic E-state index is 13.0. The number of anilines is 1. The Bertz CT molecular complexity index is 1540. The number of thiol groups is 1. The molecule has 0 bridgehead atoms. The molecule has 0 aliphatic carbocycles. The van der Waals surface area contributed by atoms with E-state index in [1.807, 2.05) is 85.6 Å². The van der Waals surface area contributed by atoms with Crippen LogP contribution in [0.2, 0.25) is 5.02 Å². The van der Waals surface area contributed by atoms with Crippen molar-refractivity contribution in [2.45, 2.75) is 20.0 Å². The van der Waals surface area contributed by atoms with Crippen LogP contribution in [0.15, 0.2) is 89.6 Å². The van der Waals surface area contributed by atoms with E-state index in [0.29, 0.717) is 10.7 Å². The molecule has 1 amide bonds. The number of aryl methyl sites for hydroxylation is 2. The minimum atomic E-state index is -0.661. The number of para-hydroxylation sites is 1. The Kier molecular flexibility index (Phi) is 6.31. The van der Waals surface area contributed by atoms with E-state index in [0.717, 1.165) is 33.6 Å². The second-order valence-electron chi connectivity index (χ2n) is 8.57. The summed E-state index contributed by atoms with van der Waals surface area (Å²) in [6.45, 7) is 4.02. The average Bonchev–Trinajstić information content (AvgIpc) is 3.31. The van der Waals surface area contributed by atoms with Gasteiger partial charge in [-0.3, -0.25) is 4.79 Å². The van der Waals surface area contributed by atoms with Crippen LogP contribution in [0.25, 0.3) is 16.9 Å². The summed E-state index contributed by atoms with van der Waals surface area (Å²) >= 11 is 10.8. The summed E-state index contributed by atoms with van der Waals surface area (Å²) in [7, 11) is 0. The lowest BCUT2D eigenvalue weighted by Crippen LogP contribution is -2.46. The van der Waals surface area contributed by atoms with Gasteiger partial charge in [-0.1, -0.05) is 59.6 Å². The zero-order valence-corrected chi connectivity index (χ0v) is 21.3. The van der Waals surface area contributed by atoms with Gasteiger partial charge in [-0.2, -0.15) is 10.4 Å². The van der Waals surface area contributed by atoms with E-state index in [9.17, 15) is 10.1 Å². The van der Waals surface area contributed by atoms with Gasteiger partial charge in [0.25, 0.3) is 5.91 Å². The summed E-state index contributed by atoms with van der Waals surface area (Å²) in [6.07, 6.45) is 1.24. The highest BCUT2D eigenvalue weighted by Crippen LogP contribution is 2.40. The first-order valence-corrected chi connectivity index (χ1v) is 12.1. The van der Waals surface area contributed by atoms with Crippen molar-refractivity contribution >= 4 is 35.8 Å². The van der Waals surface area contributed by atoms with Gasteiger partial charge in [-0.15, -0.1) is 12.6 Å². The van der Waals surface area contributed by atoms with E-state index in [4.69, 9.17) is 16.7 Å². The van der Waals surface area contributed by atoms with Crippen molar-refractivity contribution in [3.8, 4) is 23.0 Å². The van der Waals surface area contributed by atoms with Crippen LogP contribution >= 0.6 is 24.2 Å². The van der Waals surface area contributed by atoms with Crippen LogP contribution < -0.4 is 10.2 Å². The standard InChI is InChI=1S/C28H22ClN5OS/c1-17-8-13-24(18(2)14-17)34-26(31-27(35)22(15-30)28(34)36)23-16-33(21-6-4-3-5-7-21)32-25(23)19-9-11-20(29)12-10-19/h3-14,16,26,36H,1-2H3,(H,31,35). The van der Waals surface area contributed by atoms with Crippen LogP contribution in [0.5, 0.6) is 0 Å². The lowest BCUT2D eigenvalue weighted by atomic mass is 10.0. The maximum Gasteiger partial charge on any atom is 0.266 e. The van der Waals surface area contributed by atoms with Crippen LogP contribution in [0.4, 0.5) is 5.69 Å². The molecule has 1 aliphatic rings. The number of nitrogens with zero attached hydrogens (tertiary/aromatic N) is 4. The summed E-state index contributed by atoms with van der Waals surface area (Å²) in [5.41, 5.74) is 6.03. The molecular weight excluding hydrogens is 490 g/mol. The van der Waals surface area contributed by atoms with Gasteiger partial charge in [0.15, 0.2) is 0 Å². The molecule has 36 heavy (non-hydrogen) atoms. The second-order valence-corrected chi connectivity index (χ2v) is 9.43. The zero-order valence-electron chi connectivity index (χ0n) is 19.6. The van der Waals surface area contributed by atoms with Crippen molar-refractivity contribution in [2.24, 2.45) is 0 Å². The Labute approximate surface area is 219 Å². The summed E-state index contributed by atoms with van der Waals surface area (Å²) < 4.78 is 1.79. The van der Waals surface area contributed by atoms with Gasteiger partial charge < -0.3 is 10.2 Å². The highest BCUT2D eigenvalue weighted by atomic mass is 35.5. The molecular formula is C28H22ClN5OS. The second kappa shape index (κ2) is 9.57. The van der Waals surface area contributed by atoms with Gasteiger partial charge >= 0.3 is 0 Å². The molecule has 2 heterocycles. The van der Waals surface area contributed by atoms with Crippen molar-refractivity contribution in [1.82, 2.24) is 15.1 Å². The van der Waals surface area contributed by atoms with Gasteiger partial charge in [-0.05, 0) is 49.7 Å². The molecule has 1 unspecified atom stereocenters. The van der Waals surface area contributed by atoms with E-state index >= 15 is 0 Å². The zero-order chi connectivity index (χ0) is 25.4. The van der Waals surface area contributed by atoms with E-state index in [1.165, 1.54) is 0 Å². The van der Waals surface area contributed by atoms with Crippen molar-refractivity contribution in [1.29, 1.82) is 5.26 Å². The van der Waals surface area contributed by atoms with Gasteiger partial charge in [0.1, 0.15) is 17.8 Å². The van der Waals surface area contributed by atoms with Gasteiger partial charge in [0, 0.05) is 28.0 Å². The number of nitriles is 1. The van der Waals surface area contributed by atoms with Crippen molar-refractivity contribution < 1.29 is 4.79 Å². The predicted molar refractivity (Wildman–Crippen MR) is 145 cm³/mol. The molecule has 0 saturated carbocycles. The summed E-state index contributed by atoms with van der Waals surface area (Å²) in [6, 6.07) is 25.2. The number of aromatic nitrogens is 2. The highest BCUT2D eigenvalue weighted by molar-refractivity contribution is 7.84. The number of halogens is 1. The summed E-state index contributed by atoms with van der Waals surface area (Å²) in [5, 5.41) is 18.5. The molecule has 1 aromatic heterocycles. The fraction of sp³-hybridized carbons (Fsp3) is 0.107. The van der Waals surface area contributed by atoms with Crippen LogP contribution in [-0.2, 0) is 4.79 Å². The number of nitrogens with one attached hydrogen (secondary N) is 1. The monoisotopic (exact) mass is 511 g/mol. The Balaban J connectivity index is 1.75. The molecule has 0 saturated heterocycles. The van der Waals surface area contributed by atoms with Crippen molar-refractivity contribution in [3.05, 3.63) is 111 Å². The lowest BCUT2D eigenvalue weighted by molar-refractivity contribution is -0.118. The topological polar surface area (TPSA) is 74.0 Å². The Morgan fingerprint density at radius 2 is 1.78 bits per heavy atom. The average molecular weight is 512 g/mol. The first-order valence-electron chi connectivity index (χ1n) is 11.3. The van der Waals surface area contributed by atoms with Crippen molar-refractivity contribution in [2.75, 3.05) is 4.90 Å². The quantitative estimate of drug-likeness (QED) is 0.324. The minimum absolute atomic E-state index is 0.0435. The molecule has 178 valence electrons. The first kappa shape index (κ1) is 23.7. The molecule has 6 nitrogen and oxygen atoms in total. The van der Waals surface area contributed by atoms with E-state index in [2.05, 4.69) is 24.0 Å². The van der Waals surface area contributed by atoms with E-state index in [1.54, 1.807) is 16.8 Å². The molecule has 0 spiro atoms. The summed E-state index contributed by atoms with van der Waals surface area (Å²) in [5.74, 6) is -0.483. The fourth-order valence-electron chi connectivity index (χ4n) is 4.38. The Hall–Kier alpha value is -3.99. The molecule has 5 rings (SSSR count). The molecule has 0 radical (unpaired) electrons. The van der Waals surface area contributed by atoms with Crippen LogP contribution in [-0.4, -0.2) is 15.7 Å². The molecule has 0 fully saturated rings. The maximum absolute atomic E-state index is 13.0. The predicted octanol–water partition coefficient (Wildman–Crippen LogP) is 6.11. The normalized spacial score (nSPS) is 15.6. The lowest BCUT2D eigenvalue weighted by Gasteiger charge is -2.38. The number of hydrogen-bond acceptors (Lipinski definition) is 5. The third-order valence-corrected chi connectivity index (χ3v) is 6.80. The Morgan fingerprint density at radius 1 is 1.06 bits per heavy atom. The molecule has 1 atom stereocenters. The SMILES string of the molecule is Cc1ccc(N2C(S)=C(C#N)C(=O)NC2c2cn(-c3ccccc3)nc2-c2ccc(Cl)cc2)c(C)c1. The smallest absolute Gasteiger partial charge is 0.266 e. The largest absolute Gasteiger partial charge is 0.327 e. The van der Waals surface area contributed by atoms with E-state index < -0.39 is 12.1 Å². The third kappa shape index (κ3) is 4.26. The van der Waals surface area contributed by atoms with Crippen LogP contribution in [0.3, 0.4) is 0 Å². The van der Waals surface area contributed by atoms with Gasteiger partial charge in [0.2, 0.25) is 0 Å². The number of amides is 1. The van der Waals surface area contributed by atoms with Crippen LogP contribution in [0.1, 0.15) is 22.9 Å². The molecule has 1 N–H and O–H groups in total. The molecule has 3 aromatic carbocycles. The Morgan fingerprint density at radius 3 is 2.44 bits per heavy atom. The minimum Gasteiger partial charge on any atom is -0.327 e. The van der Waals surface area contributed by atoms with Gasteiger partial charge in [0.05, 0.1) is 16.4 Å². The highest BCUT2D eigenvalue weighted by Gasteiger charge is 2.37. The number of carbonyl (C=O) groups is 1. The van der Waals surface area contributed by atoms with E-state index in [-0.39, 0.29) is 10.6 Å². The third-order valence-electron chi connectivity index (χ3n) is 6.10. The van der Waals surface area contributed by atoms with Crippen LogP contribution in [0, 0.1) is 25.2 Å². The molecule has 4 aromatic rings. The fourth-order valence-corrected chi connectivity index (χ4v) is 4.88. The molecule has 1 aliphatic heterocycles. The number of carbonyl (C=O) groups excluding carboxylic acids is 1. The summed E-state index contributed by atoms with van der Waals surface area (Å²) in [4.78, 5) is 14.9. The first-order chi connectivity index (χ1) is 17.4. The number of rotatable bonds is 4. The molecule has 8 heteroatoms. The number of benzene rings is 3. The van der Waals surface area contributed by atoms with Crippen molar-refractivity contribution in [3.63, 3.8) is 0 Å². The number of hydrogen-bond donors (Lipinski definition) is 2.